The van der Waals surface area contributed by atoms with E-state index in [1.807, 2.05) is 6.92 Å². The minimum absolute atomic E-state index is 0.101. The summed E-state index contributed by atoms with van der Waals surface area (Å²) in [6, 6.07) is 1.78. The van der Waals surface area contributed by atoms with Crippen LogP contribution in [-0.4, -0.2) is 15.5 Å². The number of aromatic nitrogens is 2. The standard InChI is InChI=1S/C11H16ClN3/c1-7-13-9(12)6-10(14-7)15-11(2,3)8-4-5-8/h6,8H,4-5H2,1-3H3,(H,13,14,15). The van der Waals surface area contributed by atoms with E-state index in [9.17, 15) is 0 Å². The molecule has 0 radical (unpaired) electrons. The van der Waals surface area contributed by atoms with Crippen LogP contribution in [-0.2, 0) is 0 Å². The number of anilines is 1. The van der Waals surface area contributed by atoms with Crippen LogP contribution in [0.25, 0.3) is 0 Å². The highest BCUT2D eigenvalue weighted by atomic mass is 35.5. The molecule has 1 saturated carbocycles. The van der Waals surface area contributed by atoms with E-state index in [0.29, 0.717) is 11.0 Å². The third-order valence-electron chi connectivity index (χ3n) is 2.85. The first-order valence-electron chi connectivity index (χ1n) is 5.27. The Hall–Kier alpha value is -0.830. The Labute approximate surface area is 95.3 Å². The van der Waals surface area contributed by atoms with E-state index in [1.54, 1.807) is 6.07 Å². The summed E-state index contributed by atoms with van der Waals surface area (Å²) in [4.78, 5) is 8.36. The highest BCUT2D eigenvalue weighted by Gasteiger charge is 2.37. The Bertz CT molecular complexity index is 352. The van der Waals surface area contributed by atoms with E-state index in [2.05, 4.69) is 29.1 Å². The first-order valence-corrected chi connectivity index (χ1v) is 5.64. The molecule has 2 rings (SSSR count). The Kier molecular flexibility index (Phi) is 2.59. The van der Waals surface area contributed by atoms with E-state index >= 15 is 0 Å². The molecule has 1 heterocycles. The van der Waals surface area contributed by atoms with Gasteiger partial charge in [0.25, 0.3) is 0 Å². The molecule has 0 aromatic carbocycles. The van der Waals surface area contributed by atoms with E-state index in [1.165, 1.54) is 12.8 Å². The molecule has 0 amide bonds. The van der Waals surface area contributed by atoms with Gasteiger partial charge in [0.2, 0.25) is 0 Å². The zero-order valence-corrected chi connectivity index (χ0v) is 10.1. The van der Waals surface area contributed by atoms with Crippen LogP contribution in [0.15, 0.2) is 6.07 Å². The number of halogens is 1. The molecule has 3 nitrogen and oxygen atoms in total. The fourth-order valence-corrected chi connectivity index (χ4v) is 2.06. The average molecular weight is 226 g/mol. The Morgan fingerprint density at radius 2 is 2.07 bits per heavy atom. The molecular formula is C11H16ClN3. The normalized spacial score (nSPS) is 16.5. The maximum Gasteiger partial charge on any atom is 0.134 e. The Balaban J connectivity index is 2.16. The van der Waals surface area contributed by atoms with Crippen LogP contribution >= 0.6 is 11.6 Å². The molecule has 82 valence electrons. The largest absolute Gasteiger partial charge is 0.365 e. The summed E-state index contributed by atoms with van der Waals surface area (Å²) >= 11 is 5.88. The molecule has 15 heavy (non-hydrogen) atoms. The van der Waals surface area contributed by atoms with Crippen LogP contribution < -0.4 is 5.32 Å². The molecule has 0 saturated heterocycles. The van der Waals surface area contributed by atoms with Crippen LogP contribution in [0.1, 0.15) is 32.5 Å². The first-order chi connectivity index (χ1) is 6.97. The lowest BCUT2D eigenvalue weighted by Gasteiger charge is -2.26. The van der Waals surface area contributed by atoms with Crippen molar-refractivity contribution in [2.24, 2.45) is 5.92 Å². The van der Waals surface area contributed by atoms with Crippen LogP contribution in [0, 0.1) is 12.8 Å². The fraction of sp³-hybridized carbons (Fsp3) is 0.636. The lowest BCUT2D eigenvalue weighted by molar-refractivity contribution is 0.492. The number of nitrogens with zero attached hydrogens (tertiary/aromatic N) is 2. The van der Waals surface area contributed by atoms with Gasteiger partial charge in [-0.25, -0.2) is 9.97 Å². The van der Waals surface area contributed by atoms with Gasteiger partial charge in [-0.3, -0.25) is 0 Å². The molecule has 0 unspecified atom stereocenters. The van der Waals surface area contributed by atoms with Gasteiger partial charge in [-0.05, 0) is 39.5 Å². The van der Waals surface area contributed by atoms with E-state index in [4.69, 9.17) is 11.6 Å². The van der Waals surface area contributed by atoms with Crippen LogP contribution in [0.5, 0.6) is 0 Å². The molecule has 1 aliphatic carbocycles. The van der Waals surface area contributed by atoms with E-state index in [-0.39, 0.29) is 5.54 Å². The predicted molar refractivity (Wildman–Crippen MR) is 62.2 cm³/mol. The molecule has 0 bridgehead atoms. The van der Waals surface area contributed by atoms with Crippen LogP contribution in [0.3, 0.4) is 0 Å². The molecule has 1 fully saturated rings. The lowest BCUT2D eigenvalue weighted by Crippen LogP contribution is -2.33. The smallest absolute Gasteiger partial charge is 0.134 e. The van der Waals surface area contributed by atoms with Crippen molar-refractivity contribution < 1.29 is 0 Å². The average Bonchev–Trinajstić information content (AvgIpc) is 2.80. The van der Waals surface area contributed by atoms with Crippen molar-refractivity contribution in [1.29, 1.82) is 0 Å². The minimum Gasteiger partial charge on any atom is -0.365 e. The fourth-order valence-electron chi connectivity index (χ4n) is 1.83. The highest BCUT2D eigenvalue weighted by molar-refractivity contribution is 6.29. The van der Waals surface area contributed by atoms with E-state index < -0.39 is 0 Å². The summed E-state index contributed by atoms with van der Waals surface area (Å²) in [5, 5.41) is 3.92. The monoisotopic (exact) mass is 225 g/mol. The lowest BCUT2D eigenvalue weighted by atomic mass is 9.99. The molecule has 1 aromatic rings. The van der Waals surface area contributed by atoms with Gasteiger partial charge in [-0.2, -0.15) is 0 Å². The quantitative estimate of drug-likeness (QED) is 0.804. The van der Waals surface area contributed by atoms with Crippen molar-refractivity contribution in [3.05, 3.63) is 17.0 Å². The Morgan fingerprint density at radius 3 is 2.60 bits per heavy atom. The van der Waals surface area contributed by atoms with Gasteiger partial charge in [0.1, 0.15) is 16.8 Å². The van der Waals surface area contributed by atoms with Gasteiger partial charge in [0.05, 0.1) is 0 Å². The maximum absolute atomic E-state index is 5.88. The maximum atomic E-state index is 5.88. The highest BCUT2D eigenvalue weighted by Crippen LogP contribution is 2.40. The van der Waals surface area contributed by atoms with Gasteiger partial charge in [0, 0.05) is 11.6 Å². The molecule has 1 N–H and O–H groups in total. The number of nitrogens with one attached hydrogen (secondary N) is 1. The van der Waals surface area contributed by atoms with Gasteiger partial charge < -0.3 is 5.32 Å². The molecule has 4 heteroatoms. The summed E-state index contributed by atoms with van der Waals surface area (Å²) in [5.41, 5.74) is 0.101. The SMILES string of the molecule is Cc1nc(Cl)cc(NC(C)(C)C2CC2)n1. The number of rotatable bonds is 3. The molecule has 0 spiro atoms. The number of aryl methyl sites for hydroxylation is 1. The van der Waals surface area contributed by atoms with Crippen molar-refractivity contribution in [2.45, 2.75) is 39.2 Å². The summed E-state index contributed by atoms with van der Waals surface area (Å²) in [5.74, 6) is 2.28. The molecule has 1 aromatic heterocycles. The summed E-state index contributed by atoms with van der Waals surface area (Å²) in [6.45, 7) is 6.26. The van der Waals surface area contributed by atoms with Gasteiger partial charge >= 0.3 is 0 Å². The number of hydrogen-bond acceptors (Lipinski definition) is 3. The van der Waals surface area contributed by atoms with Gasteiger partial charge in [0.15, 0.2) is 0 Å². The molecular weight excluding hydrogens is 210 g/mol. The van der Waals surface area contributed by atoms with Gasteiger partial charge in [-0.1, -0.05) is 11.6 Å². The zero-order chi connectivity index (χ0) is 11.1. The van der Waals surface area contributed by atoms with Crippen molar-refractivity contribution >= 4 is 17.4 Å². The zero-order valence-electron chi connectivity index (χ0n) is 9.34. The van der Waals surface area contributed by atoms with Crippen LogP contribution in [0.2, 0.25) is 5.15 Å². The van der Waals surface area contributed by atoms with Crippen LogP contribution in [0.4, 0.5) is 5.82 Å². The van der Waals surface area contributed by atoms with Crippen molar-refractivity contribution in [1.82, 2.24) is 9.97 Å². The topological polar surface area (TPSA) is 37.8 Å². The Morgan fingerprint density at radius 1 is 1.40 bits per heavy atom. The summed E-state index contributed by atoms with van der Waals surface area (Å²) in [7, 11) is 0. The van der Waals surface area contributed by atoms with Crippen molar-refractivity contribution in [3.8, 4) is 0 Å². The second kappa shape index (κ2) is 3.63. The molecule has 0 aliphatic heterocycles. The second-order valence-electron chi connectivity index (χ2n) is 4.74. The third-order valence-corrected chi connectivity index (χ3v) is 3.05. The number of hydrogen-bond donors (Lipinski definition) is 1. The van der Waals surface area contributed by atoms with Crippen molar-refractivity contribution in [2.75, 3.05) is 5.32 Å². The van der Waals surface area contributed by atoms with Gasteiger partial charge in [-0.15, -0.1) is 0 Å². The third kappa shape index (κ3) is 2.59. The minimum atomic E-state index is 0.101. The van der Waals surface area contributed by atoms with Crippen molar-refractivity contribution in [3.63, 3.8) is 0 Å². The second-order valence-corrected chi connectivity index (χ2v) is 5.13. The molecule has 1 aliphatic rings. The molecule has 0 atom stereocenters. The summed E-state index contributed by atoms with van der Waals surface area (Å²) < 4.78 is 0. The predicted octanol–water partition coefficient (Wildman–Crippen LogP) is 3.04. The van der Waals surface area contributed by atoms with E-state index in [0.717, 1.165) is 11.7 Å². The first kappa shape index (κ1) is 10.7. The summed E-state index contributed by atoms with van der Waals surface area (Å²) in [6.07, 6.45) is 2.61.